The lowest BCUT2D eigenvalue weighted by atomic mass is 10.2. The van der Waals surface area contributed by atoms with Gasteiger partial charge in [0.15, 0.2) is 11.5 Å². The molecule has 3 heterocycles. The van der Waals surface area contributed by atoms with Crippen LogP contribution in [0.5, 0.6) is 0 Å². The summed E-state index contributed by atoms with van der Waals surface area (Å²) >= 11 is 1.69. The molecule has 0 radical (unpaired) electrons. The highest BCUT2D eigenvalue weighted by atomic mass is 32.1. The first-order valence-corrected chi connectivity index (χ1v) is 7.54. The molecular formula is C13H14N6S. The molecule has 0 bridgehead atoms. The van der Waals surface area contributed by atoms with E-state index in [-0.39, 0.29) is 6.04 Å². The van der Waals surface area contributed by atoms with Gasteiger partial charge in [-0.1, -0.05) is 0 Å². The van der Waals surface area contributed by atoms with Gasteiger partial charge >= 0.3 is 0 Å². The number of aromatic nitrogens is 5. The molecule has 0 aliphatic heterocycles. The Balaban J connectivity index is 1.66. The highest BCUT2D eigenvalue weighted by Crippen LogP contribution is 2.43. The second-order valence-corrected chi connectivity index (χ2v) is 5.99. The first-order valence-electron chi connectivity index (χ1n) is 6.66. The predicted molar refractivity (Wildman–Crippen MR) is 76.7 cm³/mol. The molecular weight excluding hydrogens is 272 g/mol. The number of aryl methyl sites for hydroxylation is 1. The van der Waals surface area contributed by atoms with Crippen LogP contribution in [0.15, 0.2) is 23.7 Å². The molecule has 0 aromatic carbocycles. The third-order valence-corrected chi connectivity index (χ3v) is 4.39. The molecule has 1 aliphatic rings. The summed E-state index contributed by atoms with van der Waals surface area (Å²) in [7, 11) is 0. The first kappa shape index (κ1) is 11.8. The van der Waals surface area contributed by atoms with E-state index in [1.165, 1.54) is 12.8 Å². The van der Waals surface area contributed by atoms with Gasteiger partial charge in [0.05, 0.1) is 6.04 Å². The van der Waals surface area contributed by atoms with Crippen molar-refractivity contribution in [3.63, 3.8) is 0 Å². The number of hydrogen-bond donors (Lipinski definition) is 1. The molecule has 102 valence electrons. The van der Waals surface area contributed by atoms with Crippen molar-refractivity contribution in [1.29, 1.82) is 0 Å². The average Bonchev–Trinajstić information content (AvgIpc) is 3.03. The smallest absolute Gasteiger partial charge is 0.178 e. The number of anilines is 1. The highest BCUT2D eigenvalue weighted by Gasteiger charge is 2.34. The van der Waals surface area contributed by atoms with Crippen molar-refractivity contribution in [3.05, 3.63) is 34.5 Å². The number of fused-ring (bicyclic) bond motifs is 1. The Bertz CT molecular complexity index is 730. The van der Waals surface area contributed by atoms with Gasteiger partial charge < -0.3 is 5.32 Å². The van der Waals surface area contributed by atoms with Gasteiger partial charge in [0, 0.05) is 11.6 Å². The van der Waals surface area contributed by atoms with E-state index in [2.05, 4.69) is 25.6 Å². The van der Waals surface area contributed by atoms with Gasteiger partial charge in [0.1, 0.15) is 10.8 Å². The van der Waals surface area contributed by atoms with Crippen LogP contribution in [0.3, 0.4) is 0 Å². The number of thiazole rings is 1. The third kappa shape index (κ3) is 2.03. The Labute approximate surface area is 119 Å². The van der Waals surface area contributed by atoms with Crippen LogP contribution in [0.1, 0.15) is 29.7 Å². The minimum absolute atomic E-state index is 0.261. The molecule has 7 heteroatoms. The van der Waals surface area contributed by atoms with Crippen LogP contribution >= 0.6 is 11.3 Å². The van der Waals surface area contributed by atoms with Gasteiger partial charge in [-0.3, -0.25) is 0 Å². The maximum Gasteiger partial charge on any atom is 0.178 e. The lowest BCUT2D eigenvalue weighted by Crippen LogP contribution is -2.14. The maximum atomic E-state index is 4.55. The zero-order valence-corrected chi connectivity index (χ0v) is 11.8. The zero-order valence-electron chi connectivity index (χ0n) is 11.0. The molecule has 1 fully saturated rings. The Hall–Kier alpha value is -2.02. The van der Waals surface area contributed by atoms with Gasteiger partial charge in [-0.15, -0.1) is 26.6 Å². The second kappa shape index (κ2) is 4.52. The Morgan fingerprint density at radius 1 is 1.35 bits per heavy atom. The summed E-state index contributed by atoms with van der Waals surface area (Å²) in [6, 6.07) is 4.14. The van der Waals surface area contributed by atoms with Gasteiger partial charge in [-0.2, -0.15) is 4.52 Å². The van der Waals surface area contributed by atoms with E-state index < -0.39 is 0 Å². The highest BCUT2D eigenvalue weighted by molar-refractivity contribution is 7.09. The molecule has 4 rings (SSSR count). The fourth-order valence-corrected chi connectivity index (χ4v) is 3.11. The van der Waals surface area contributed by atoms with E-state index in [1.807, 2.05) is 30.6 Å². The molecule has 1 saturated carbocycles. The van der Waals surface area contributed by atoms with Crippen molar-refractivity contribution in [2.75, 3.05) is 5.32 Å². The van der Waals surface area contributed by atoms with Crippen molar-refractivity contribution >= 4 is 22.8 Å². The lowest BCUT2D eigenvalue weighted by Gasteiger charge is -2.16. The number of rotatable bonds is 4. The summed E-state index contributed by atoms with van der Waals surface area (Å²) in [6.45, 7) is 1.90. The predicted octanol–water partition coefficient (Wildman–Crippen LogP) is 2.45. The molecule has 0 amide bonds. The van der Waals surface area contributed by atoms with Crippen LogP contribution in [0, 0.1) is 12.8 Å². The molecule has 0 spiro atoms. The summed E-state index contributed by atoms with van der Waals surface area (Å²) in [5.74, 6) is 2.30. The van der Waals surface area contributed by atoms with Crippen molar-refractivity contribution in [2.45, 2.75) is 25.8 Å². The monoisotopic (exact) mass is 286 g/mol. The molecule has 0 unspecified atom stereocenters. The molecule has 1 atom stereocenters. The minimum atomic E-state index is 0.261. The van der Waals surface area contributed by atoms with Crippen molar-refractivity contribution < 1.29 is 0 Å². The van der Waals surface area contributed by atoms with Gasteiger partial charge in [0.2, 0.25) is 0 Å². The van der Waals surface area contributed by atoms with Crippen molar-refractivity contribution in [3.8, 4) is 0 Å². The Morgan fingerprint density at radius 3 is 3.00 bits per heavy atom. The fraction of sp³-hybridized carbons (Fsp3) is 0.385. The third-order valence-electron chi connectivity index (χ3n) is 3.53. The van der Waals surface area contributed by atoms with Crippen LogP contribution in [-0.2, 0) is 0 Å². The van der Waals surface area contributed by atoms with Crippen LogP contribution < -0.4 is 5.32 Å². The van der Waals surface area contributed by atoms with E-state index in [4.69, 9.17) is 0 Å². The van der Waals surface area contributed by atoms with Crippen LogP contribution in [0.25, 0.3) is 5.65 Å². The first-order chi connectivity index (χ1) is 9.81. The molecule has 20 heavy (non-hydrogen) atoms. The number of nitrogens with zero attached hydrogens (tertiary/aromatic N) is 5. The maximum absolute atomic E-state index is 4.55. The summed E-state index contributed by atoms with van der Waals surface area (Å²) < 4.78 is 1.76. The summed E-state index contributed by atoms with van der Waals surface area (Å²) in [6.07, 6.45) is 4.37. The zero-order chi connectivity index (χ0) is 13.5. The van der Waals surface area contributed by atoms with Gasteiger partial charge in [0.25, 0.3) is 0 Å². The molecule has 3 aromatic heterocycles. The van der Waals surface area contributed by atoms with E-state index in [1.54, 1.807) is 15.9 Å². The standard InChI is InChI=1S/C13H14N6S/c1-8-16-17-11-5-4-10(18-19(8)11)15-12(9-2-3-9)13-14-6-7-20-13/h4-7,9,12H,2-3H2,1H3,(H,15,18)/t12-/m0/s1. The fourth-order valence-electron chi connectivity index (χ4n) is 2.33. The van der Waals surface area contributed by atoms with Gasteiger partial charge in [-0.05, 0) is 37.8 Å². The molecule has 1 aliphatic carbocycles. The van der Waals surface area contributed by atoms with E-state index in [9.17, 15) is 0 Å². The minimum Gasteiger partial charge on any atom is -0.359 e. The summed E-state index contributed by atoms with van der Waals surface area (Å²) in [5.41, 5.74) is 0.769. The summed E-state index contributed by atoms with van der Waals surface area (Å²) in [4.78, 5) is 4.44. The second-order valence-electron chi connectivity index (χ2n) is 5.07. The molecule has 3 aromatic rings. The number of hydrogen-bond acceptors (Lipinski definition) is 6. The van der Waals surface area contributed by atoms with E-state index in [0.29, 0.717) is 5.92 Å². The van der Waals surface area contributed by atoms with Crippen molar-refractivity contribution in [1.82, 2.24) is 24.8 Å². The van der Waals surface area contributed by atoms with Crippen LogP contribution in [0.4, 0.5) is 5.82 Å². The molecule has 6 nitrogen and oxygen atoms in total. The Kier molecular flexibility index (Phi) is 2.66. The quantitative estimate of drug-likeness (QED) is 0.798. The average molecular weight is 286 g/mol. The van der Waals surface area contributed by atoms with Crippen molar-refractivity contribution in [2.24, 2.45) is 5.92 Å². The lowest BCUT2D eigenvalue weighted by molar-refractivity contribution is 0.666. The SMILES string of the molecule is Cc1nnc2ccc(N[C@H](c3nccs3)C3CC3)nn12. The Morgan fingerprint density at radius 2 is 2.25 bits per heavy atom. The van der Waals surface area contributed by atoms with Crippen LogP contribution in [0.2, 0.25) is 0 Å². The molecule has 1 N–H and O–H groups in total. The van der Waals surface area contributed by atoms with E-state index in [0.717, 1.165) is 22.3 Å². The summed E-state index contributed by atoms with van der Waals surface area (Å²) in [5, 5.41) is 19.3. The molecule has 0 saturated heterocycles. The largest absolute Gasteiger partial charge is 0.359 e. The van der Waals surface area contributed by atoms with E-state index >= 15 is 0 Å². The number of nitrogens with one attached hydrogen (secondary N) is 1. The van der Waals surface area contributed by atoms with Crippen LogP contribution in [-0.4, -0.2) is 24.8 Å². The normalized spacial score (nSPS) is 16.4. The van der Waals surface area contributed by atoms with Gasteiger partial charge in [-0.25, -0.2) is 4.98 Å². The topological polar surface area (TPSA) is 68.0 Å².